The smallest absolute Gasteiger partial charge is 0.338 e. The molecule has 0 bridgehead atoms. The van der Waals surface area contributed by atoms with Crippen LogP contribution < -0.4 is 9.47 Å². The molecule has 0 saturated heterocycles. The normalized spacial score (nSPS) is 10.5. The summed E-state index contributed by atoms with van der Waals surface area (Å²) < 4.78 is 17.6. The zero-order chi connectivity index (χ0) is 21.5. The van der Waals surface area contributed by atoms with Crippen molar-refractivity contribution in [3.8, 4) is 22.9 Å². The minimum atomic E-state index is -0.357. The maximum atomic E-state index is 12.0. The van der Waals surface area contributed by atoms with E-state index < -0.39 is 0 Å². The lowest BCUT2D eigenvalue weighted by Crippen LogP contribution is -2.05. The van der Waals surface area contributed by atoms with Gasteiger partial charge < -0.3 is 14.2 Å². The molecule has 0 N–H and O–H groups in total. The molecule has 0 amide bonds. The molecule has 0 aliphatic rings. The van der Waals surface area contributed by atoms with Crippen LogP contribution in [0.2, 0.25) is 0 Å². The first kappa shape index (κ1) is 21.4. The minimum absolute atomic E-state index is 0.357. The monoisotopic (exact) mass is 425 g/mol. The predicted molar refractivity (Wildman–Crippen MR) is 116 cm³/mol. The van der Waals surface area contributed by atoms with Gasteiger partial charge in [-0.1, -0.05) is 36.0 Å². The Bertz CT molecular complexity index is 1050. The summed E-state index contributed by atoms with van der Waals surface area (Å²) in [4.78, 5) is 12.0. The summed E-state index contributed by atoms with van der Waals surface area (Å²) in [5.74, 6) is 2.14. The van der Waals surface area contributed by atoms with E-state index >= 15 is 0 Å². The topological polar surface area (TPSA) is 75.5 Å². The van der Waals surface area contributed by atoms with Gasteiger partial charge in [0, 0.05) is 17.9 Å². The number of carbonyl (C=O) groups excluding carboxylic acids is 1. The maximum absolute atomic E-state index is 12.0. The van der Waals surface area contributed by atoms with E-state index in [0.29, 0.717) is 35.2 Å². The van der Waals surface area contributed by atoms with Gasteiger partial charge in [-0.05, 0) is 29.8 Å². The molecule has 1 aromatic heterocycles. The van der Waals surface area contributed by atoms with Crippen LogP contribution in [-0.2, 0) is 17.0 Å². The molecule has 0 aliphatic carbocycles. The first-order chi connectivity index (χ1) is 14.6. The summed E-state index contributed by atoms with van der Waals surface area (Å²) in [5.41, 5.74) is 2.27. The lowest BCUT2D eigenvalue weighted by molar-refractivity contribution is 0.0600. The van der Waals surface area contributed by atoms with E-state index in [1.54, 1.807) is 26.4 Å². The van der Waals surface area contributed by atoms with Gasteiger partial charge in [0.05, 0.1) is 26.9 Å². The van der Waals surface area contributed by atoms with Crippen LogP contribution in [0.5, 0.6) is 11.5 Å². The number of hydrogen-bond acceptors (Lipinski definition) is 7. The highest BCUT2D eigenvalue weighted by atomic mass is 32.2. The Morgan fingerprint density at radius 1 is 1.10 bits per heavy atom. The lowest BCUT2D eigenvalue weighted by atomic mass is 10.1. The van der Waals surface area contributed by atoms with E-state index in [9.17, 15) is 4.79 Å². The van der Waals surface area contributed by atoms with Gasteiger partial charge in [-0.2, -0.15) is 0 Å². The van der Waals surface area contributed by atoms with Gasteiger partial charge in [-0.15, -0.1) is 16.8 Å². The van der Waals surface area contributed by atoms with Crippen molar-refractivity contribution in [1.82, 2.24) is 14.8 Å². The number of carbonyl (C=O) groups is 1. The molecule has 0 radical (unpaired) electrons. The Morgan fingerprint density at radius 2 is 1.87 bits per heavy atom. The Balaban J connectivity index is 1.91. The van der Waals surface area contributed by atoms with Gasteiger partial charge in [0.1, 0.15) is 0 Å². The van der Waals surface area contributed by atoms with Gasteiger partial charge in [-0.3, -0.25) is 4.57 Å². The fourth-order valence-electron chi connectivity index (χ4n) is 2.98. The van der Waals surface area contributed by atoms with E-state index in [2.05, 4.69) is 16.8 Å². The number of allylic oxidation sites excluding steroid dienone is 1. The number of ether oxygens (including phenoxy) is 3. The summed E-state index contributed by atoms with van der Waals surface area (Å²) in [6, 6.07) is 13.0. The predicted octanol–water partition coefficient (Wildman–Crippen LogP) is 4.23. The molecule has 2 aromatic carbocycles. The highest BCUT2D eigenvalue weighted by Crippen LogP contribution is 2.33. The van der Waals surface area contributed by atoms with Crippen LogP contribution in [0.15, 0.2) is 60.3 Å². The first-order valence-electron chi connectivity index (χ1n) is 9.18. The zero-order valence-corrected chi connectivity index (χ0v) is 17.9. The van der Waals surface area contributed by atoms with Crippen LogP contribution >= 0.6 is 11.8 Å². The molecule has 0 saturated carbocycles. The van der Waals surface area contributed by atoms with Crippen LogP contribution in [0.4, 0.5) is 0 Å². The molecule has 0 atom stereocenters. The minimum Gasteiger partial charge on any atom is -0.493 e. The summed E-state index contributed by atoms with van der Waals surface area (Å²) in [7, 11) is 4.57. The summed E-state index contributed by atoms with van der Waals surface area (Å²) in [5, 5.41) is 9.46. The van der Waals surface area contributed by atoms with Crippen molar-refractivity contribution in [3.63, 3.8) is 0 Å². The highest BCUT2D eigenvalue weighted by molar-refractivity contribution is 7.98. The molecule has 7 nitrogen and oxygen atoms in total. The van der Waals surface area contributed by atoms with E-state index in [1.165, 1.54) is 18.9 Å². The SMILES string of the molecule is C=CCn1c(SCc2ccccc2C(=O)OC)nnc1-c1ccc(OC)c(OC)c1. The van der Waals surface area contributed by atoms with Gasteiger partial charge in [0.2, 0.25) is 0 Å². The van der Waals surface area contributed by atoms with Crippen LogP contribution in [0, 0.1) is 0 Å². The van der Waals surface area contributed by atoms with Crippen molar-refractivity contribution in [1.29, 1.82) is 0 Å². The van der Waals surface area contributed by atoms with E-state index in [0.717, 1.165) is 16.3 Å². The van der Waals surface area contributed by atoms with Crippen molar-refractivity contribution in [2.45, 2.75) is 17.5 Å². The fraction of sp³-hybridized carbons (Fsp3) is 0.227. The van der Waals surface area contributed by atoms with E-state index in [1.807, 2.05) is 41.0 Å². The van der Waals surface area contributed by atoms with Gasteiger partial charge >= 0.3 is 5.97 Å². The molecular formula is C22H23N3O4S. The van der Waals surface area contributed by atoms with Gasteiger partial charge in [-0.25, -0.2) is 4.79 Å². The van der Waals surface area contributed by atoms with Crippen molar-refractivity contribution in [2.75, 3.05) is 21.3 Å². The third-order valence-corrected chi connectivity index (χ3v) is 5.47. The van der Waals surface area contributed by atoms with Gasteiger partial charge in [0.15, 0.2) is 22.5 Å². The Labute approximate surface area is 179 Å². The molecule has 0 unspecified atom stereocenters. The van der Waals surface area contributed by atoms with Crippen molar-refractivity contribution in [2.24, 2.45) is 0 Å². The molecule has 3 aromatic rings. The molecule has 30 heavy (non-hydrogen) atoms. The van der Waals surface area contributed by atoms with Gasteiger partial charge in [0.25, 0.3) is 0 Å². The third kappa shape index (κ3) is 4.49. The Hall–Kier alpha value is -3.26. The number of nitrogens with zero attached hydrogens (tertiary/aromatic N) is 3. The molecule has 3 rings (SSSR count). The van der Waals surface area contributed by atoms with Crippen molar-refractivity contribution < 1.29 is 19.0 Å². The van der Waals surface area contributed by atoms with Crippen molar-refractivity contribution >= 4 is 17.7 Å². The van der Waals surface area contributed by atoms with E-state index in [4.69, 9.17) is 14.2 Å². The highest BCUT2D eigenvalue weighted by Gasteiger charge is 2.17. The standard InChI is InChI=1S/C22H23N3O4S/c1-5-12-25-20(15-10-11-18(27-2)19(13-15)28-3)23-24-22(25)30-14-16-8-6-7-9-17(16)21(26)29-4/h5-11,13H,1,12,14H2,2-4H3. The number of aromatic nitrogens is 3. The largest absolute Gasteiger partial charge is 0.493 e. The summed E-state index contributed by atoms with van der Waals surface area (Å²) in [6.07, 6.45) is 1.79. The van der Waals surface area contributed by atoms with E-state index in [-0.39, 0.29) is 5.97 Å². The molecular weight excluding hydrogens is 402 g/mol. The second-order valence-corrected chi connectivity index (χ2v) is 7.16. The second-order valence-electron chi connectivity index (χ2n) is 6.21. The zero-order valence-electron chi connectivity index (χ0n) is 17.1. The number of benzene rings is 2. The molecule has 0 fully saturated rings. The first-order valence-corrected chi connectivity index (χ1v) is 10.2. The van der Waals surface area contributed by atoms with Crippen molar-refractivity contribution in [3.05, 3.63) is 66.2 Å². The molecule has 0 aliphatic heterocycles. The third-order valence-electron chi connectivity index (χ3n) is 4.45. The number of hydrogen-bond donors (Lipinski definition) is 0. The molecule has 0 spiro atoms. The number of rotatable bonds is 9. The fourth-order valence-corrected chi connectivity index (χ4v) is 3.93. The second kappa shape index (κ2) is 9.98. The Morgan fingerprint density at radius 3 is 2.57 bits per heavy atom. The molecule has 1 heterocycles. The average Bonchev–Trinajstić information content (AvgIpc) is 3.19. The van der Waals surface area contributed by atoms with Crippen LogP contribution in [0.1, 0.15) is 15.9 Å². The maximum Gasteiger partial charge on any atom is 0.338 e. The number of methoxy groups -OCH3 is 3. The molecule has 8 heteroatoms. The Kier molecular flexibility index (Phi) is 7.13. The average molecular weight is 426 g/mol. The number of thioether (sulfide) groups is 1. The quantitative estimate of drug-likeness (QED) is 0.288. The van der Waals surface area contributed by atoms with Crippen LogP contribution in [0.25, 0.3) is 11.4 Å². The summed E-state index contributed by atoms with van der Waals surface area (Å²) >= 11 is 1.49. The lowest BCUT2D eigenvalue weighted by Gasteiger charge is -2.11. The number of esters is 1. The van der Waals surface area contributed by atoms with Crippen LogP contribution in [-0.4, -0.2) is 42.1 Å². The summed E-state index contributed by atoms with van der Waals surface area (Å²) in [6.45, 7) is 4.39. The molecule has 156 valence electrons. The van der Waals surface area contributed by atoms with Crippen LogP contribution in [0.3, 0.4) is 0 Å².